The third kappa shape index (κ3) is 3.65. The van der Waals surface area contributed by atoms with Crippen LogP contribution in [0.25, 0.3) is 11.4 Å². The summed E-state index contributed by atoms with van der Waals surface area (Å²) in [7, 11) is 1.61. The molecule has 0 unspecified atom stereocenters. The lowest BCUT2D eigenvalue weighted by atomic mass is 9.90. The quantitative estimate of drug-likeness (QED) is 0.808. The summed E-state index contributed by atoms with van der Waals surface area (Å²) < 4.78 is 10.5. The van der Waals surface area contributed by atoms with Crippen LogP contribution in [0.5, 0.6) is 5.75 Å². The van der Waals surface area contributed by atoms with E-state index >= 15 is 0 Å². The van der Waals surface area contributed by atoms with Crippen molar-refractivity contribution in [3.05, 3.63) is 24.3 Å². The van der Waals surface area contributed by atoms with Crippen LogP contribution in [0.2, 0.25) is 0 Å². The SMILES string of the molecule is COc1cccc(-c2noc(NC3CCC(N4C(=O)CCC4=O)CC3)n2)c1. The molecule has 2 aliphatic rings. The summed E-state index contributed by atoms with van der Waals surface area (Å²) in [5, 5.41) is 7.30. The van der Waals surface area contributed by atoms with Gasteiger partial charge >= 0.3 is 6.01 Å². The highest BCUT2D eigenvalue weighted by atomic mass is 16.5. The van der Waals surface area contributed by atoms with Crippen LogP contribution in [-0.2, 0) is 9.59 Å². The zero-order chi connectivity index (χ0) is 18.8. The largest absolute Gasteiger partial charge is 0.497 e. The van der Waals surface area contributed by atoms with E-state index in [1.807, 2.05) is 24.3 Å². The van der Waals surface area contributed by atoms with Gasteiger partial charge in [-0.25, -0.2) is 0 Å². The summed E-state index contributed by atoms with van der Waals surface area (Å²) in [6, 6.07) is 8.07. The highest BCUT2D eigenvalue weighted by Crippen LogP contribution is 2.29. The van der Waals surface area contributed by atoms with E-state index in [-0.39, 0.29) is 23.9 Å². The predicted molar refractivity (Wildman–Crippen MR) is 97.0 cm³/mol. The van der Waals surface area contributed by atoms with Crippen molar-refractivity contribution < 1.29 is 18.8 Å². The number of rotatable bonds is 5. The van der Waals surface area contributed by atoms with Gasteiger partial charge in [-0.3, -0.25) is 14.5 Å². The van der Waals surface area contributed by atoms with Gasteiger partial charge in [0.1, 0.15) is 5.75 Å². The first-order valence-electron chi connectivity index (χ1n) is 9.23. The molecule has 2 amide bonds. The Balaban J connectivity index is 1.35. The maximum absolute atomic E-state index is 11.9. The minimum atomic E-state index is -0.0313. The van der Waals surface area contributed by atoms with E-state index in [2.05, 4.69) is 15.5 Å². The van der Waals surface area contributed by atoms with Gasteiger partial charge in [0.2, 0.25) is 17.6 Å². The number of carbonyl (C=O) groups is 2. The first-order valence-corrected chi connectivity index (χ1v) is 9.23. The number of nitrogens with zero attached hydrogens (tertiary/aromatic N) is 3. The molecular weight excluding hydrogens is 348 g/mol. The summed E-state index contributed by atoms with van der Waals surface area (Å²) in [6.07, 6.45) is 3.99. The highest BCUT2D eigenvalue weighted by Gasteiger charge is 2.37. The summed E-state index contributed by atoms with van der Waals surface area (Å²) in [5.74, 6) is 1.17. The van der Waals surface area contributed by atoms with Crippen molar-refractivity contribution in [1.82, 2.24) is 15.0 Å². The van der Waals surface area contributed by atoms with Crippen LogP contribution in [0, 0.1) is 0 Å². The molecule has 4 rings (SSSR count). The van der Waals surface area contributed by atoms with Crippen LogP contribution in [0.4, 0.5) is 6.01 Å². The lowest BCUT2D eigenvalue weighted by Gasteiger charge is -2.33. The molecule has 1 saturated carbocycles. The van der Waals surface area contributed by atoms with Crippen LogP contribution >= 0.6 is 0 Å². The number of hydrogen-bond acceptors (Lipinski definition) is 7. The smallest absolute Gasteiger partial charge is 0.322 e. The van der Waals surface area contributed by atoms with Gasteiger partial charge in [0, 0.05) is 30.5 Å². The topological polar surface area (TPSA) is 97.6 Å². The Morgan fingerprint density at radius 3 is 2.59 bits per heavy atom. The Kier molecular flexibility index (Phi) is 4.79. The van der Waals surface area contributed by atoms with Crippen molar-refractivity contribution in [3.8, 4) is 17.1 Å². The van der Waals surface area contributed by atoms with Gasteiger partial charge in [-0.15, -0.1) is 0 Å². The number of imide groups is 1. The molecule has 0 spiro atoms. The second-order valence-electron chi connectivity index (χ2n) is 6.96. The van der Waals surface area contributed by atoms with Gasteiger partial charge in [-0.2, -0.15) is 4.98 Å². The van der Waals surface area contributed by atoms with E-state index in [0.29, 0.717) is 24.7 Å². The van der Waals surface area contributed by atoms with E-state index < -0.39 is 0 Å². The van der Waals surface area contributed by atoms with Gasteiger partial charge in [0.15, 0.2) is 0 Å². The maximum atomic E-state index is 11.9. The monoisotopic (exact) mass is 370 g/mol. The Hall–Kier alpha value is -2.90. The molecule has 27 heavy (non-hydrogen) atoms. The summed E-state index contributed by atoms with van der Waals surface area (Å²) >= 11 is 0. The van der Waals surface area contributed by atoms with Crippen molar-refractivity contribution in [2.75, 3.05) is 12.4 Å². The Labute approximate surface area is 156 Å². The number of likely N-dealkylation sites (tertiary alicyclic amines) is 1. The third-order valence-electron chi connectivity index (χ3n) is 5.23. The molecule has 1 aromatic carbocycles. The van der Waals surface area contributed by atoms with Crippen molar-refractivity contribution in [2.24, 2.45) is 0 Å². The summed E-state index contributed by atoms with van der Waals surface area (Å²) in [5.41, 5.74) is 0.820. The molecule has 1 aliphatic carbocycles. The average Bonchev–Trinajstić information content (AvgIpc) is 3.29. The van der Waals surface area contributed by atoms with Crippen molar-refractivity contribution in [3.63, 3.8) is 0 Å². The molecule has 8 nitrogen and oxygen atoms in total. The van der Waals surface area contributed by atoms with Crippen molar-refractivity contribution in [1.29, 1.82) is 0 Å². The van der Waals surface area contributed by atoms with Gasteiger partial charge in [0.25, 0.3) is 0 Å². The number of benzene rings is 1. The average molecular weight is 370 g/mol. The maximum Gasteiger partial charge on any atom is 0.322 e. The Morgan fingerprint density at radius 2 is 1.89 bits per heavy atom. The van der Waals surface area contributed by atoms with Crippen molar-refractivity contribution >= 4 is 17.8 Å². The lowest BCUT2D eigenvalue weighted by molar-refractivity contribution is -0.141. The highest BCUT2D eigenvalue weighted by molar-refractivity contribution is 6.02. The minimum Gasteiger partial charge on any atom is -0.497 e. The van der Waals surface area contributed by atoms with Crippen LogP contribution in [0.15, 0.2) is 28.8 Å². The molecule has 0 bridgehead atoms. The predicted octanol–water partition coefficient (Wildman–Crippen LogP) is 2.62. The number of anilines is 1. The molecule has 2 fully saturated rings. The fourth-order valence-electron chi connectivity index (χ4n) is 3.82. The fourth-order valence-corrected chi connectivity index (χ4v) is 3.82. The van der Waals surface area contributed by atoms with Crippen LogP contribution < -0.4 is 10.1 Å². The third-order valence-corrected chi connectivity index (χ3v) is 5.23. The molecule has 0 radical (unpaired) electrons. The van der Waals surface area contributed by atoms with E-state index in [0.717, 1.165) is 37.0 Å². The molecule has 1 N–H and O–H groups in total. The number of ether oxygens (including phenoxy) is 1. The van der Waals surface area contributed by atoms with E-state index in [1.54, 1.807) is 7.11 Å². The molecular formula is C19H22N4O4. The molecule has 1 aromatic heterocycles. The number of hydrogen-bond donors (Lipinski definition) is 1. The van der Waals surface area contributed by atoms with Crippen molar-refractivity contribution in [2.45, 2.75) is 50.6 Å². The Bertz CT molecular complexity index is 826. The van der Waals surface area contributed by atoms with Crippen LogP contribution in [-0.4, -0.2) is 46.0 Å². The van der Waals surface area contributed by atoms with E-state index in [9.17, 15) is 9.59 Å². The molecule has 2 aromatic rings. The van der Waals surface area contributed by atoms with Crippen LogP contribution in [0.3, 0.4) is 0 Å². The number of carbonyl (C=O) groups excluding carboxylic acids is 2. The van der Waals surface area contributed by atoms with Gasteiger partial charge in [-0.05, 0) is 37.8 Å². The zero-order valence-corrected chi connectivity index (χ0v) is 15.2. The van der Waals surface area contributed by atoms with Gasteiger partial charge < -0.3 is 14.6 Å². The summed E-state index contributed by atoms with van der Waals surface area (Å²) in [4.78, 5) is 29.7. The molecule has 2 heterocycles. The fraction of sp³-hybridized carbons (Fsp3) is 0.474. The first-order chi connectivity index (χ1) is 13.1. The minimum absolute atomic E-state index is 0.0283. The van der Waals surface area contributed by atoms with Gasteiger partial charge in [0.05, 0.1) is 7.11 Å². The lowest BCUT2D eigenvalue weighted by Crippen LogP contribution is -2.43. The standard InChI is InChI=1S/C19H22N4O4/c1-26-15-4-2-3-12(11-15)18-21-19(27-22-18)20-13-5-7-14(8-6-13)23-16(24)9-10-17(23)25/h2-4,11,13-14H,5-10H2,1H3,(H,20,21,22). The second kappa shape index (κ2) is 7.38. The zero-order valence-electron chi connectivity index (χ0n) is 15.2. The number of nitrogens with one attached hydrogen (secondary N) is 1. The second-order valence-corrected chi connectivity index (χ2v) is 6.96. The molecule has 1 saturated heterocycles. The summed E-state index contributed by atoms with van der Waals surface area (Å²) in [6.45, 7) is 0. The molecule has 8 heteroatoms. The molecule has 142 valence electrons. The van der Waals surface area contributed by atoms with Gasteiger partial charge in [-0.1, -0.05) is 17.3 Å². The molecule has 1 aliphatic heterocycles. The first kappa shape index (κ1) is 17.5. The molecule has 0 atom stereocenters. The van der Waals surface area contributed by atoms with E-state index in [1.165, 1.54) is 4.90 Å². The van der Waals surface area contributed by atoms with Crippen LogP contribution in [0.1, 0.15) is 38.5 Å². The number of aromatic nitrogens is 2. The van der Waals surface area contributed by atoms with E-state index in [4.69, 9.17) is 9.26 Å². The normalized spacial score (nSPS) is 22.9. The number of methoxy groups -OCH3 is 1. The Morgan fingerprint density at radius 1 is 1.15 bits per heavy atom. The number of amides is 2.